The van der Waals surface area contributed by atoms with Gasteiger partial charge in [0.15, 0.2) is 5.82 Å². The van der Waals surface area contributed by atoms with Crippen molar-refractivity contribution in [1.82, 2.24) is 15.3 Å². The van der Waals surface area contributed by atoms with E-state index >= 15 is 0 Å². The van der Waals surface area contributed by atoms with Gasteiger partial charge in [0.25, 0.3) is 0 Å². The van der Waals surface area contributed by atoms with E-state index in [9.17, 15) is 0 Å². The number of aromatic nitrogens is 2. The molecule has 0 amide bonds. The fourth-order valence-corrected chi connectivity index (χ4v) is 1.73. The van der Waals surface area contributed by atoms with E-state index in [0.717, 1.165) is 25.5 Å². The average molecular weight is 208 g/mol. The SMILES string of the molecule is COc1cncc(N2CCN[C@@H](C)C2)n1. The van der Waals surface area contributed by atoms with Gasteiger partial charge >= 0.3 is 0 Å². The monoisotopic (exact) mass is 208 g/mol. The first kappa shape index (κ1) is 10.2. The molecule has 1 fully saturated rings. The third-order valence-corrected chi connectivity index (χ3v) is 2.50. The summed E-state index contributed by atoms with van der Waals surface area (Å²) in [5, 5.41) is 3.39. The summed E-state index contributed by atoms with van der Waals surface area (Å²) in [6, 6.07) is 0.492. The average Bonchev–Trinajstić information content (AvgIpc) is 2.29. The van der Waals surface area contributed by atoms with Gasteiger partial charge in [0.05, 0.1) is 19.5 Å². The molecule has 0 spiro atoms. The van der Waals surface area contributed by atoms with Crippen molar-refractivity contribution in [2.75, 3.05) is 31.6 Å². The van der Waals surface area contributed by atoms with E-state index in [1.54, 1.807) is 19.5 Å². The van der Waals surface area contributed by atoms with Gasteiger partial charge < -0.3 is 15.0 Å². The second kappa shape index (κ2) is 4.44. The zero-order chi connectivity index (χ0) is 10.7. The van der Waals surface area contributed by atoms with Crippen LogP contribution in [0.15, 0.2) is 12.4 Å². The van der Waals surface area contributed by atoms with Crippen LogP contribution in [0.25, 0.3) is 0 Å². The molecule has 0 aliphatic carbocycles. The number of hydrogen-bond donors (Lipinski definition) is 1. The van der Waals surface area contributed by atoms with Crippen molar-refractivity contribution in [3.8, 4) is 5.88 Å². The summed E-state index contributed by atoms with van der Waals surface area (Å²) in [7, 11) is 1.61. The van der Waals surface area contributed by atoms with E-state index in [2.05, 4.69) is 27.1 Å². The Kier molecular flexibility index (Phi) is 3.01. The van der Waals surface area contributed by atoms with Crippen LogP contribution in [0.4, 0.5) is 5.82 Å². The van der Waals surface area contributed by atoms with Gasteiger partial charge in [0, 0.05) is 25.7 Å². The lowest BCUT2D eigenvalue weighted by atomic mass is 10.2. The number of anilines is 1. The third-order valence-electron chi connectivity index (χ3n) is 2.50. The van der Waals surface area contributed by atoms with Gasteiger partial charge in [0.2, 0.25) is 5.88 Å². The summed E-state index contributed by atoms with van der Waals surface area (Å²) in [5.74, 6) is 1.46. The highest BCUT2D eigenvalue weighted by Gasteiger charge is 2.17. The van der Waals surface area contributed by atoms with Gasteiger partial charge in [-0.2, -0.15) is 4.98 Å². The zero-order valence-electron chi connectivity index (χ0n) is 9.10. The molecule has 1 aliphatic rings. The van der Waals surface area contributed by atoms with E-state index in [0.29, 0.717) is 11.9 Å². The Balaban J connectivity index is 2.13. The fraction of sp³-hybridized carbons (Fsp3) is 0.600. The Morgan fingerprint density at radius 1 is 1.53 bits per heavy atom. The summed E-state index contributed by atoms with van der Waals surface area (Å²) < 4.78 is 5.06. The third kappa shape index (κ3) is 2.36. The van der Waals surface area contributed by atoms with Gasteiger partial charge in [0.1, 0.15) is 0 Å². The number of hydrogen-bond acceptors (Lipinski definition) is 5. The van der Waals surface area contributed by atoms with Crippen molar-refractivity contribution in [3.05, 3.63) is 12.4 Å². The zero-order valence-corrected chi connectivity index (χ0v) is 9.10. The highest BCUT2D eigenvalue weighted by molar-refractivity contribution is 5.38. The van der Waals surface area contributed by atoms with E-state index < -0.39 is 0 Å². The smallest absolute Gasteiger partial charge is 0.233 e. The van der Waals surface area contributed by atoms with Crippen LogP contribution in [-0.2, 0) is 0 Å². The van der Waals surface area contributed by atoms with Crippen molar-refractivity contribution in [2.45, 2.75) is 13.0 Å². The van der Waals surface area contributed by atoms with Crippen molar-refractivity contribution in [3.63, 3.8) is 0 Å². The van der Waals surface area contributed by atoms with E-state index in [4.69, 9.17) is 4.74 Å². The molecule has 1 aliphatic heterocycles. The summed E-state index contributed by atoms with van der Waals surface area (Å²) >= 11 is 0. The molecular weight excluding hydrogens is 192 g/mol. The van der Waals surface area contributed by atoms with Crippen LogP contribution in [-0.4, -0.2) is 42.8 Å². The molecule has 82 valence electrons. The Bertz CT molecular complexity index is 331. The molecule has 5 heteroatoms. The number of rotatable bonds is 2. The Hall–Kier alpha value is -1.36. The van der Waals surface area contributed by atoms with Gasteiger partial charge in [-0.1, -0.05) is 0 Å². The normalized spacial score (nSPS) is 21.5. The summed E-state index contributed by atoms with van der Waals surface area (Å²) in [4.78, 5) is 10.7. The lowest BCUT2D eigenvalue weighted by Gasteiger charge is -2.32. The van der Waals surface area contributed by atoms with Crippen molar-refractivity contribution < 1.29 is 4.74 Å². The van der Waals surface area contributed by atoms with Crippen molar-refractivity contribution in [1.29, 1.82) is 0 Å². The van der Waals surface area contributed by atoms with E-state index in [-0.39, 0.29) is 0 Å². The molecule has 1 atom stereocenters. The summed E-state index contributed by atoms with van der Waals surface area (Å²) in [6.07, 6.45) is 3.40. The number of piperazine rings is 1. The number of methoxy groups -OCH3 is 1. The Morgan fingerprint density at radius 3 is 3.13 bits per heavy atom. The second-order valence-corrected chi connectivity index (χ2v) is 3.72. The molecule has 1 N–H and O–H groups in total. The minimum atomic E-state index is 0.492. The maximum Gasteiger partial charge on any atom is 0.233 e. The second-order valence-electron chi connectivity index (χ2n) is 3.72. The molecule has 2 heterocycles. The lowest BCUT2D eigenvalue weighted by molar-refractivity contribution is 0.394. The Morgan fingerprint density at radius 2 is 2.40 bits per heavy atom. The first-order chi connectivity index (χ1) is 7.29. The van der Waals surface area contributed by atoms with Crippen LogP contribution in [0.5, 0.6) is 5.88 Å². The van der Waals surface area contributed by atoms with E-state index in [1.807, 2.05) is 0 Å². The molecular formula is C10H16N4O. The van der Waals surface area contributed by atoms with Crippen LogP contribution in [0, 0.1) is 0 Å². The highest BCUT2D eigenvalue weighted by Crippen LogP contribution is 2.14. The largest absolute Gasteiger partial charge is 0.480 e. The minimum Gasteiger partial charge on any atom is -0.480 e. The van der Waals surface area contributed by atoms with Crippen molar-refractivity contribution >= 4 is 5.82 Å². The van der Waals surface area contributed by atoms with Crippen LogP contribution < -0.4 is 15.0 Å². The molecule has 0 radical (unpaired) electrons. The summed E-state index contributed by atoms with van der Waals surface area (Å²) in [5.41, 5.74) is 0. The summed E-state index contributed by atoms with van der Waals surface area (Å²) in [6.45, 7) is 5.08. The molecule has 2 rings (SSSR count). The van der Waals surface area contributed by atoms with Crippen LogP contribution in [0.1, 0.15) is 6.92 Å². The first-order valence-electron chi connectivity index (χ1n) is 5.14. The molecule has 1 aromatic heterocycles. The maximum atomic E-state index is 5.06. The van der Waals surface area contributed by atoms with Gasteiger partial charge in [-0.05, 0) is 6.92 Å². The number of ether oxygens (including phenoxy) is 1. The van der Waals surface area contributed by atoms with Crippen molar-refractivity contribution in [2.24, 2.45) is 0 Å². The minimum absolute atomic E-state index is 0.492. The van der Waals surface area contributed by atoms with Gasteiger partial charge in [-0.15, -0.1) is 0 Å². The number of nitrogens with one attached hydrogen (secondary N) is 1. The molecule has 1 aromatic rings. The molecule has 0 saturated carbocycles. The molecule has 0 unspecified atom stereocenters. The first-order valence-corrected chi connectivity index (χ1v) is 5.14. The molecule has 15 heavy (non-hydrogen) atoms. The molecule has 0 bridgehead atoms. The Labute approximate surface area is 89.5 Å². The topological polar surface area (TPSA) is 50.3 Å². The predicted molar refractivity (Wildman–Crippen MR) is 58.3 cm³/mol. The molecule has 0 aromatic carbocycles. The number of nitrogens with zero attached hydrogens (tertiary/aromatic N) is 3. The van der Waals surface area contributed by atoms with E-state index in [1.165, 1.54) is 0 Å². The highest BCUT2D eigenvalue weighted by atomic mass is 16.5. The molecule has 1 saturated heterocycles. The lowest BCUT2D eigenvalue weighted by Crippen LogP contribution is -2.49. The predicted octanol–water partition coefficient (Wildman–Crippen LogP) is 0.283. The maximum absolute atomic E-state index is 5.06. The van der Waals surface area contributed by atoms with Crippen LogP contribution in [0.3, 0.4) is 0 Å². The van der Waals surface area contributed by atoms with Crippen LogP contribution >= 0.6 is 0 Å². The standard InChI is InChI=1S/C10H16N4O/c1-8-7-14(4-3-12-8)9-5-11-6-10(13-9)15-2/h5-6,8,12H,3-4,7H2,1-2H3/t8-/m0/s1. The van der Waals surface area contributed by atoms with Gasteiger partial charge in [-0.3, -0.25) is 4.98 Å². The molecule has 5 nitrogen and oxygen atoms in total. The quantitative estimate of drug-likeness (QED) is 0.756. The fourth-order valence-electron chi connectivity index (χ4n) is 1.73. The van der Waals surface area contributed by atoms with Gasteiger partial charge in [-0.25, -0.2) is 0 Å². The van der Waals surface area contributed by atoms with Crippen LogP contribution in [0.2, 0.25) is 0 Å².